The fraction of sp³-hybridized carbons (Fsp3) is 0.346. The van der Waals surface area contributed by atoms with E-state index < -0.39 is 17.9 Å². The molecular weight excluding hydrogens is 478 g/mol. The summed E-state index contributed by atoms with van der Waals surface area (Å²) in [7, 11) is 0. The first kappa shape index (κ1) is 26.9. The van der Waals surface area contributed by atoms with Crippen LogP contribution in [0.15, 0.2) is 48.7 Å². The summed E-state index contributed by atoms with van der Waals surface area (Å²) < 4.78 is 5.84. The van der Waals surface area contributed by atoms with Gasteiger partial charge in [-0.2, -0.15) is 13.5 Å². The Labute approximate surface area is 217 Å². The lowest BCUT2D eigenvalue weighted by Gasteiger charge is -2.17. The molecule has 36 heavy (non-hydrogen) atoms. The summed E-state index contributed by atoms with van der Waals surface area (Å²) in [4.78, 5) is 36.8. The van der Waals surface area contributed by atoms with Crippen LogP contribution >= 0.6 is 13.5 Å². The number of amides is 1. The number of nitrogens with zero attached hydrogens (tertiary/aromatic N) is 3. The summed E-state index contributed by atoms with van der Waals surface area (Å²) >= 11 is 0. The molecule has 0 unspecified atom stereocenters. The number of hydrogen-bond acceptors (Lipinski definition) is 7. The number of aromatic nitrogens is 3. The van der Waals surface area contributed by atoms with Crippen molar-refractivity contribution in [2.75, 3.05) is 18.5 Å². The van der Waals surface area contributed by atoms with Crippen LogP contribution in [0.25, 0.3) is 0 Å². The second-order valence-electron chi connectivity index (χ2n) is 8.49. The van der Waals surface area contributed by atoms with Crippen LogP contribution in [0.3, 0.4) is 0 Å². The van der Waals surface area contributed by atoms with Gasteiger partial charge in [0.2, 0.25) is 0 Å². The Kier molecular flexibility index (Phi) is 9.63. The highest BCUT2D eigenvalue weighted by Gasteiger charge is 2.22. The van der Waals surface area contributed by atoms with E-state index in [1.165, 1.54) is 17.8 Å². The summed E-state index contributed by atoms with van der Waals surface area (Å²) in [5.41, 5.74) is 3.24. The summed E-state index contributed by atoms with van der Waals surface area (Å²) in [6, 6.07) is 11.9. The lowest BCUT2D eigenvalue weighted by Crippen LogP contribution is -2.42. The maximum Gasteiger partial charge on any atom is 0.326 e. The van der Waals surface area contributed by atoms with Gasteiger partial charge in [0.15, 0.2) is 0 Å². The molecule has 3 heterocycles. The predicted molar refractivity (Wildman–Crippen MR) is 141 cm³/mol. The molecule has 1 aliphatic heterocycles. The average Bonchev–Trinajstić information content (AvgIpc) is 2.87. The van der Waals surface area contributed by atoms with Crippen molar-refractivity contribution >= 4 is 31.2 Å². The van der Waals surface area contributed by atoms with E-state index in [-0.39, 0.29) is 25.6 Å². The number of anilines is 1. The number of hydrogen-bond donors (Lipinski definition) is 3. The molecule has 10 heteroatoms. The standard InChI is InChI=1S/C26H29N5O4.H2S/c1-17-27-14-12-22(29-17)25(32)31-23(26(33)34)16-18-6-10-21(11-7-18)35-15-3-5-20-9-8-19-4-2-13-28-24(19)30-20;/h6-12,14,23H,2-5,13,15-16H2,1H3,(H,28,30)(H,31,32)(H,33,34);1H2/t23-;/m0./s1. The molecule has 0 bridgehead atoms. The number of carboxylic acids is 1. The summed E-state index contributed by atoms with van der Waals surface area (Å²) in [5.74, 6) is 0.494. The van der Waals surface area contributed by atoms with Crippen molar-refractivity contribution in [3.8, 4) is 5.75 Å². The number of rotatable bonds is 10. The third-order valence-corrected chi connectivity index (χ3v) is 5.77. The quantitative estimate of drug-likeness (QED) is 0.356. The SMILES string of the molecule is Cc1nccc(C(=O)N[C@@H](Cc2ccc(OCCCc3ccc4c(n3)NCCC4)cc2)C(=O)O)n1.S. The van der Waals surface area contributed by atoms with E-state index in [1.807, 2.05) is 24.3 Å². The molecule has 3 N–H and O–H groups in total. The van der Waals surface area contributed by atoms with Crippen molar-refractivity contribution in [3.63, 3.8) is 0 Å². The molecule has 2 aromatic heterocycles. The zero-order chi connectivity index (χ0) is 24.6. The zero-order valence-corrected chi connectivity index (χ0v) is 21.2. The molecule has 9 nitrogen and oxygen atoms in total. The molecule has 0 saturated carbocycles. The van der Waals surface area contributed by atoms with Crippen LogP contribution in [0, 0.1) is 6.92 Å². The number of aliphatic carboxylic acids is 1. The van der Waals surface area contributed by atoms with E-state index in [1.54, 1.807) is 6.92 Å². The smallest absolute Gasteiger partial charge is 0.326 e. The van der Waals surface area contributed by atoms with Crippen molar-refractivity contribution < 1.29 is 19.4 Å². The van der Waals surface area contributed by atoms with Crippen LogP contribution in [0.1, 0.15) is 46.0 Å². The Hall–Kier alpha value is -3.66. The number of carbonyl (C=O) groups is 2. The van der Waals surface area contributed by atoms with Crippen LogP contribution < -0.4 is 15.4 Å². The van der Waals surface area contributed by atoms with E-state index in [2.05, 4.69) is 32.7 Å². The van der Waals surface area contributed by atoms with Gasteiger partial charge in [-0.3, -0.25) is 4.79 Å². The van der Waals surface area contributed by atoms with Crippen LogP contribution in [0.2, 0.25) is 0 Å². The second-order valence-corrected chi connectivity index (χ2v) is 8.49. The third-order valence-electron chi connectivity index (χ3n) is 5.77. The first-order valence-corrected chi connectivity index (χ1v) is 11.8. The summed E-state index contributed by atoms with van der Waals surface area (Å²) in [6.07, 6.45) is 5.50. The Balaban J connectivity index is 0.00000361. The van der Waals surface area contributed by atoms with Gasteiger partial charge in [0.1, 0.15) is 29.1 Å². The Morgan fingerprint density at radius 2 is 1.94 bits per heavy atom. The van der Waals surface area contributed by atoms with Crippen LogP contribution in [-0.4, -0.2) is 51.1 Å². The minimum atomic E-state index is -1.12. The number of aryl methyl sites for hydroxylation is 3. The molecular formula is C26H31N5O4S. The van der Waals surface area contributed by atoms with E-state index in [0.717, 1.165) is 49.3 Å². The zero-order valence-electron chi connectivity index (χ0n) is 20.2. The van der Waals surface area contributed by atoms with Crippen molar-refractivity contribution in [1.82, 2.24) is 20.3 Å². The van der Waals surface area contributed by atoms with E-state index in [0.29, 0.717) is 18.2 Å². The number of ether oxygens (including phenoxy) is 1. The Morgan fingerprint density at radius 3 is 2.69 bits per heavy atom. The van der Waals surface area contributed by atoms with Crippen LogP contribution in [0.5, 0.6) is 5.75 Å². The number of benzene rings is 1. The van der Waals surface area contributed by atoms with E-state index in [9.17, 15) is 14.7 Å². The first-order valence-electron chi connectivity index (χ1n) is 11.8. The fourth-order valence-corrected chi connectivity index (χ4v) is 3.92. The number of carboxylic acid groups (broad SMARTS) is 1. The maximum atomic E-state index is 12.4. The normalized spacial score (nSPS) is 12.9. The largest absolute Gasteiger partial charge is 0.494 e. The molecule has 4 rings (SSSR count). The van der Waals surface area contributed by atoms with Crippen molar-refractivity contribution in [2.45, 2.75) is 45.1 Å². The van der Waals surface area contributed by atoms with Gasteiger partial charge in [-0.05, 0) is 68.0 Å². The lowest BCUT2D eigenvalue weighted by atomic mass is 10.1. The first-order chi connectivity index (χ1) is 17.0. The van der Waals surface area contributed by atoms with Crippen LogP contribution in [0.4, 0.5) is 5.82 Å². The highest BCUT2D eigenvalue weighted by Crippen LogP contribution is 2.20. The average molecular weight is 510 g/mol. The highest BCUT2D eigenvalue weighted by molar-refractivity contribution is 7.59. The number of pyridine rings is 1. The topological polar surface area (TPSA) is 126 Å². The molecule has 3 aromatic rings. The predicted octanol–water partition coefficient (Wildman–Crippen LogP) is 3.09. The molecule has 190 valence electrons. The molecule has 0 fully saturated rings. The number of nitrogens with one attached hydrogen (secondary N) is 2. The van der Waals surface area contributed by atoms with Gasteiger partial charge in [0, 0.05) is 24.9 Å². The summed E-state index contributed by atoms with van der Waals surface area (Å²) in [6.45, 7) is 3.19. The minimum absolute atomic E-state index is 0. The van der Waals surface area contributed by atoms with E-state index in [4.69, 9.17) is 9.72 Å². The van der Waals surface area contributed by atoms with E-state index >= 15 is 0 Å². The molecule has 1 atom stereocenters. The van der Waals surface area contributed by atoms with Gasteiger partial charge in [-0.1, -0.05) is 18.2 Å². The van der Waals surface area contributed by atoms with Gasteiger partial charge in [0.25, 0.3) is 5.91 Å². The molecule has 0 aliphatic carbocycles. The van der Waals surface area contributed by atoms with Gasteiger partial charge >= 0.3 is 5.97 Å². The molecule has 0 spiro atoms. The monoisotopic (exact) mass is 509 g/mol. The van der Waals surface area contributed by atoms with Crippen LogP contribution in [-0.2, 0) is 24.1 Å². The number of fused-ring (bicyclic) bond motifs is 1. The summed E-state index contributed by atoms with van der Waals surface area (Å²) in [5, 5.41) is 15.4. The lowest BCUT2D eigenvalue weighted by molar-refractivity contribution is -0.139. The molecule has 1 aliphatic rings. The van der Waals surface area contributed by atoms with Gasteiger partial charge < -0.3 is 20.5 Å². The molecule has 1 amide bonds. The van der Waals surface area contributed by atoms with Crippen molar-refractivity contribution in [3.05, 3.63) is 77.0 Å². The molecule has 0 saturated heterocycles. The second kappa shape index (κ2) is 12.9. The molecule has 0 radical (unpaired) electrons. The molecule has 1 aromatic carbocycles. The third kappa shape index (κ3) is 7.42. The highest BCUT2D eigenvalue weighted by atomic mass is 32.1. The van der Waals surface area contributed by atoms with Crippen molar-refractivity contribution in [1.29, 1.82) is 0 Å². The Morgan fingerprint density at radius 1 is 1.14 bits per heavy atom. The fourth-order valence-electron chi connectivity index (χ4n) is 3.92. The van der Waals surface area contributed by atoms with Gasteiger partial charge in [-0.25, -0.2) is 19.7 Å². The van der Waals surface area contributed by atoms with Gasteiger partial charge in [0.05, 0.1) is 6.61 Å². The van der Waals surface area contributed by atoms with Crippen molar-refractivity contribution in [2.24, 2.45) is 0 Å². The Bertz CT molecular complexity index is 1190. The maximum absolute atomic E-state index is 12.4. The minimum Gasteiger partial charge on any atom is -0.494 e. The number of carbonyl (C=O) groups excluding carboxylic acids is 1. The van der Waals surface area contributed by atoms with Gasteiger partial charge in [-0.15, -0.1) is 0 Å².